The Bertz CT molecular complexity index is 470. The number of ether oxygens (including phenoxy) is 1. The van der Waals surface area contributed by atoms with Crippen LogP contribution in [0.2, 0.25) is 0 Å². The van der Waals surface area contributed by atoms with Crippen molar-refractivity contribution in [3.8, 4) is 0 Å². The highest BCUT2D eigenvalue weighted by Gasteiger charge is 2.27. The Hall–Kier alpha value is -0.890. The molecule has 0 spiro atoms. The molecule has 2 unspecified atom stereocenters. The normalized spacial score (nSPS) is 22.3. The molecule has 2 aliphatic heterocycles. The number of guanidine groups is 1. The molecule has 2 atom stereocenters. The summed E-state index contributed by atoms with van der Waals surface area (Å²) >= 11 is 0. The van der Waals surface area contributed by atoms with Crippen LogP contribution in [0.3, 0.4) is 0 Å². The van der Waals surface area contributed by atoms with Crippen LogP contribution in [0.15, 0.2) is 4.99 Å². The number of morpholine rings is 1. The highest BCUT2D eigenvalue weighted by atomic mass is 16.5. The number of hydrogen-bond donors (Lipinski definition) is 2. The minimum Gasteiger partial charge on any atom is -0.379 e. The van der Waals surface area contributed by atoms with Gasteiger partial charge in [0, 0.05) is 71.5 Å². The summed E-state index contributed by atoms with van der Waals surface area (Å²) in [6.07, 6.45) is 2.44. The van der Waals surface area contributed by atoms with Gasteiger partial charge in [-0.15, -0.1) is 0 Å². The average molecular weight is 425 g/mol. The largest absolute Gasteiger partial charge is 0.379 e. The zero-order valence-corrected chi connectivity index (χ0v) is 20.3. The number of nitrogens with one attached hydrogen (secondary N) is 2. The maximum absolute atomic E-state index is 5.59. The van der Waals surface area contributed by atoms with Gasteiger partial charge in [-0.3, -0.25) is 9.89 Å². The molecule has 7 nitrogen and oxygen atoms in total. The molecule has 0 bridgehead atoms. The first-order chi connectivity index (χ1) is 14.6. The number of rotatable bonds is 11. The van der Waals surface area contributed by atoms with Gasteiger partial charge in [0.2, 0.25) is 0 Å². The summed E-state index contributed by atoms with van der Waals surface area (Å²) in [6.45, 7) is 21.5. The smallest absolute Gasteiger partial charge is 0.191 e. The van der Waals surface area contributed by atoms with E-state index in [-0.39, 0.29) is 0 Å². The maximum atomic E-state index is 5.59. The second-order valence-corrected chi connectivity index (χ2v) is 9.10. The first kappa shape index (κ1) is 25.4. The summed E-state index contributed by atoms with van der Waals surface area (Å²) in [7, 11) is 2.21. The van der Waals surface area contributed by atoms with Crippen LogP contribution in [0, 0.1) is 11.8 Å². The average Bonchev–Trinajstić information content (AvgIpc) is 2.77. The second-order valence-electron chi connectivity index (χ2n) is 9.10. The van der Waals surface area contributed by atoms with Gasteiger partial charge in [0.25, 0.3) is 0 Å². The molecule has 2 rings (SSSR count). The summed E-state index contributed by atoms with van der Waals surface area (Å²) < 4.78 is 5.59. The molecule has 2 N–H and O–H groups in total. The Kier molecular flexibility index (Phi) is 12.0. The number of nitrogens with zero attached hydrogens (tertiary/aromatic N) is 4. The highest BCUT2D eigenvalue weighted by Crippen LogP contribution is 2.19. The predicted molar refractivity (Wildman–Crippen MR) is 127 cm³/mol. The first-order valence-electron chi connectivity index (χ1n) is 12.3. The molecule has 0 aromatic heterocycles. The fourth-order valence-corrected chi connectivity index (χ4v) is 4.65. The molecule has 176 valence electrons. The molecule has 0 aromatic carbocycles. The Labute approximate surface area is 185 Å². The lowest BCUT2D eigenvalue weighted by Crippen LogP contribution is -2.53. The molecule has 0 aromatic rings. The third-order valence-corrected chi connectivity index (χ3v) is 6.66. The third-order valence-electron chi connectivity index (χ3n) is 6.66. The van der Waals surface area contributed by atoms with Crippen molar-refractivity contribution in [2.75, 3.05) is 85.7 Å². The van der Waals surface area contributed by atoms with Crippen molar-refractivity contribution in [1.29, 1.82) is 0 Å². The van der Waals surface area contributed by atoms with Gasteiger partial charge in [-0.1, -0.05) is 33.6 Å². The molecule has 30 heavy (non-hydrogen) atoms. The van der Waals surface area contributed by atoms with Crippen LogP contribution in [-0.2, 0) is 4.74 Å². The van der Waals surface area contributed by atoms with Crippen molar-refractivity contribution in [2.45, 2.75) is 46.6 Å². The molecule has 0 radical (unpaired) electrons. The summed E-state index contributed by atoms with van der Waals surface area (Å²) in [5, 5.41) is 7.12. The van der Waals surface area contributed by atoms with Gasteiger partial charge in [0.05, 0.1) is 13.2 Å². The Balaban J connectivity index is 1.88. The van der Waals surface area contributed by atoms with Crippen molar-refractivity contribution in [1.82, 2.24) is 25.3 Å². The van der Waals surface area contributed by atoms with Crippen LogP contribution in [0.25, 0.3) is 0 Å². The van der Waals surface area contributed by atoms with Crippen molar-refractivity contribution in [2.24, 2.45) is 16.8 Å². The van der Waals surface area contributed by atoms with Gasteiger partial charge in [-0.05, 0) is 25.8 Å². The van der Waals surface area contributed by atoms with Gasteiger partial charge < -0.3 is 25.2 Å². The fraction of sp³-hybridized carbons (Fsp3) is 0.957. The van der Waals surface area contributed by atoms with E-state index in [1.54, 1.807) is 0 Å². The lowest BCUT2D eigenvalue weighted by Gasteiger charge is -2.39. The van der Waals surface area contributed by atoms with E-state index in [0.29, 0.717) is 17.9 Å². The monoisotopic (exact) mass is 424 g/mol. The number of hydrogen-bond acceptors (Lipinski definition) is 5. The van der Waals surface area contributed by atoms with E-state index in [9.17, 15) is 0 Å². The van der Waals surface area contributed by atoms with Crippen LogP contribution >= 0.6 is 0 Å². The molecule has 7 heteroatoms. The van der Waals surface area contributed by atoms with Gasteiger partial charge in [0.15, 0.2) is 5.96 Å². The van der Waals surface area contributed by atoms with E-state index in [2.05, 4.69) is 60.1 Å². The van der Waals surface area contributed by atoms with E-state index in [1.165, 1.54) is 39.0 Å². The van der Waals surface area contributed by atoms with Crippen LogP contribution in [0.4, 0.5) is 0 Å². The predicted octanol–water partition coefficient (Wildman–Crippen LogP) is 1.56. The summed E-state index contributed by atoms with van der Waals surface area (Å²) in [5.74, 6) is 2.24. The van der Waals surface area contributed by atoms with E-state index in [1.807, 2.05) is 0 Å². The third kappa shape index (κ3) is 8.69. The molecule has 2 heterocycles. The van der Waals surface area contributed by atoms with Crippen LogP contribution in [-0.4, -0.2) is 112 Å². The number of likely N-dealkylation sites (N-methyl/N-ethyl adjacent to an activating group) is 1. The zero-order valence-electron chi connectivity index (χ0n) is 20.3. The molecular weight excluding hydrogens is 376 g/mol. The Morgan fingerprint density at radius 2 is 1.63 bits per heavy atom. The number of aliphatic imine (C=N–C) groups is 1. The van der Waals surface area contributed by atoms with Crippen molar-refractivity contribution < 1.29 is 4.74 Å². The second kappa shape index (κ2) is 14.2. The topological polar surface area (TPSA) is 55.4 Å². The molecule has 0 aliphatic carbocycles. The fourth-order valence-electron chi connectivity index (χ4n) is 4.65. The Morgan fingerprint density at radius 3 is 2.23 bits per heavy atom. The van der Waals surface area contributed by atoms with Crippen LogP contribution < -0.4 is 10.6 Å². The van der Waals surface area contributed by atoms with Crippen LogP contribution in [0.1, 0.15) is 40.5 Å². The van der Waals surface area contributed by atoms with Gasteiger partial charge in [-0.2, -0.15) is 0 Å². The van der Waals surface area contributed by atoms with E-state index in [4.69, 9.17) is 9.73 Å². The molecule has 0 amide bonds. The van der Waals surface area contributed by atoms with Crippen molar-refractivity contribution in [3.63, 3.8) is 0 Å². The first-order valence-corrected chi connectivity index (χ1v) is 12.3. The van der Waals surface area contributed by atoms with E-state index < -0.39 is 0 Å². The Morgan fingerprint density at radius 1 is 0.967 bits per heavy atom. The summed E-state index contributed by atoms with van der Waals surface area (Å²) in [6, 6.07) is 0.538. The molecule has 2 saturated heterocycles. The maximum Gasteiger partial charge on any atom is 0.191 e. The van der Waals surface area contributed by atoms with Gasteiger partial charge in [0.1, 0.15) is 0 Å². The van der Waals surface area contributed by atoms with E-state index in [0.717, 1.165) is 58.4 Å². The molecule has 0 saturated carbocycles. The lowest BCUT2D eigenvalue weighted by atomic mass is 9.92. The molecule has 2 fully saturated rings. The van der Waals surface area contributed by atoms with Crippen molar-refractivity contribution >= 4 is 5.96 Å². The summed E-state index contributed by atoms with van der Waals surface area (Å²) in [4.78, 5) is 12.6. The number of piperazine rings is 1. The SMILES string of the molecule is CCNC(=NCC(C)CN1CCN(C)CC1)NCC(C(CC)CC)N1CCOCC1. The molecule has 2 aliphatic rings. The quantitative estimate of drug-likeness (QED) is 0.388. The highest BCUT2D eigenvalue weighted by molar-refractivity contribution is 5.79. The summed E-state index contributed by atoms with van der Waals surface area (Å²) in [5.41, 5.74) is 0. The standard InChI is InChI=1S/C23H48N6O/c1-6-21(7-2)22(29-13-15-30-16-14-29)18-26-23(24-8-3)25-17-20(4)19-28-11-9-27(5)10-12-28/h20-22H,6-19H2,1-5H3,(H2,24,25,26). The van der Waals surface area contributed by atoms with Gasteiger partial charge in [-0.25, -0.2) is 0 Å². The molecular formula is C23H48N6O. The lowest BCUT2D eigenvalue weighted by molar-refractivity contribution is 0.00272. The van der Waals surface area contributed by atoms with Crippen LogP contribution in [0.5, 0.6) is 0 Å². The minimum atomic E-state index is 0.538. The van der Waals surface area contributed by atoms with E-state index >= 15 is 0 Å². The van der Waals surface area contributed by atoms with Crippen molar-refractivity contribution in [3.05, 3.63) is 0 Å². The zero-order chi connectivity index (χ0) is 21.8. The minimum absolute atomic E-state index is 0.538. The van der Waals surface area contributed by atoms with Gasteiger partial charge >= 0.3 is 0 Å².